The lowest BCUT2D eigenvalue weighted by molar-refractivity contribution is -0.141. The number of carboxylic acid groups (broad SMARTS) is 1. The van der Waals surface area contributed by atoms with Crippen molar-refractivity contribution in [3.63, 3.8) is 0 Å². The van der Waals surface area contributed by atoms with Crippen LogP contribution in [0.25, 0.3) is 0 Å². The number of nitrogens with two attached hydrogens (primary N) is 1. The largest absolute Gasteiger partial charge is 0.481 e. The minimum Gasteiger partial charge on any atom is -0.481 e. The van der Waals surface area contributed by atoms with Crippen molar-refractivity contribution in [2.45, 2.75) is 26.3 Å². The van der Waals surface area contributed by atoms with E-state index in [0.29, 0.717) is 6.42 Å². The second kappa shape index (κ2) is 5.53. The van der Waals surface area contributed by atoms with Crippen LogP contribution in [0, 0.1) is 5.92 Å². The fourth-order valence-electron chi connectivity index (χ4n) is 0.657. The minimum absolute atomic E-state index is 0.127. The van der Waals surface area contributed by atoms with Gasteiger partial charge in [0, 0.05) is 6.54 Å². The normalized spacial score (nSPS) is 14.7. The van der Waals surface area contributed by atoms with Gasteiger partial charge in [0.1, 0.15) is 0 Å². The van der Waals surface area contributed by atoms with E-state index in [1.165, 1.54) is 6.92 Å². The summed E-state index contributed by atoms with van der Waals surface area (Å²) in [5.74, 6) is -1.80. The van der Waals surface area contributed by atoms with Crippen LogP contribution < -0.4 is 11.1 Å². The first-order valence-corrected chi connectivity index (χ1v) is 4.25. The maximum atomic E-state index is 11.1. The van der Waals surface area contributed by atoms with Gasteiger partial charge in [-0.3, -0.25) is 9.59 Å². The lowest BCUT2D eigenvalue weighted by atomic mass is 10.1. The van der Waals surface area contributed by atoms with Crippen LogP contribution in [0.15, 0.2) is 0 Å². The van der Waals surface area contributed by atoms with Crippen molar-refractivity contribution in [3.05, 3.63) is 0 Å². The molecular weight excluding hydrogens is 172 g/mol. The molecule has 76 valence electrons. The number of amides is 1. The summed E-state index contributed by atoms with van der Waals surface area (Å²) >= 11 is 0. The Kier molecular flexibility index (Phi) is 5.06. The maximum Gasteiger partial charge on any atom is 0.308 e. The SMILES string of the molecule is CCC(N)C(=O)NCC(C)C(=O)O. The van der Waals surface area contributed by atoms with E-state index in [2.05, 4.69) is 5.32 Å². The van der Waals surface area contributed by atoms with Gasteiger partial charge in [-0.2, -0.15) is 0 Å². The molecule has 5 nitrogen and oxygen atoms in total. The lowest BCUT2D eigenvalue weighted by Gasteiger charge is -2.11. The van der Waals surface area contributed by atoms with Crippen LogP contribution in [-0.4, -0.2) is 29.6 Å². The Morgan fingerprint density at radius 3 is 2.46 bits per heavy atom. The highest BCUT2D eigenvalue weighted by Gasteiger charge is 2.14. The van der Waals surface area contributed by atoms with Gasteiger partial charge in [0.05, 0.1) is 12.0 Å². The first kappa shape index (κ1) is 11.9. The molecule has 13 heavy (non-hydrogen) atoms. The molecule has 0 rings (SSSR count). The zero-order valence-corrected chi connectivity index (χ0v) is 7.91. The average molecular weight is 188 g/mol. The van der Waals surface area contributed by atoms with Crippen molar-refractivity contribution in [3.8, 4) is 0 Å². The van der Waals surface area contributed by atoms with Crippen molar-refractivity contribution in [2.24, 2.45) is 11.7 Å². The van der Waals surface area contributed by atoms with Crippen molar-refractivity contribution < 1.29 is 14.7 Å². The van der Waals surface area contributed by atoms with Crippen molar-refractivity contribution in [2.75, 3.05) is 6.54 Å². The third kappa shape index (κ3) is 4.47. The quantitative estimate of drug-likeness (QED) is 0.545. The summed E-state index contributed by atoms with van der Waals surface area (Å²) in [6.45, 7) is 3.45. The number of hydrogen-bond acceptors (Lipinski definition) is 3. The number of aliphatic carboxylic acids is 1. The number of carbonyl (C=O) groups excluding carboxylic acids is 1. The number of rotatable bonds is 5. The smallest absolute Gasteiger partial charge is 0.308 e. The van der Waals surface area contributed by atoms with Gasteiger partial charge in [-0.1, -0.05) is 13.8 Å². The molecule has 5 heteroatoms. The molecule has 0 aliphatic rings. The molecule has 0 aromatic carbocycles. The second-order valence-electron chi connectivity index (χ2n) is 3.00. The van der Waals surface area contributed by atoms with Gasteiger partial charge < -0.3 is 16.2 Å². The summed E-state index contributed by atoms with van der Waals surface area (Å²) in [6, 6.07) is -0.541. The molecule has 0 aliphatic carbocycles. The number of carbonyl (C=O) groups is 2. The van der Waals surface area contributed by atoms with Crippen LogP contribution in [0.5, 0.6) is 0 Å². The molecule has 0 heterocycles. The molecule has 0 saturated carbocycles. The van der Waals surface area contributed by atoms with E-state index < -0.39 is 17.9 Å². The monoisotopic (exact) mass is 188 g/mol. The third-order valence-corrected chi connectivity index (χ3v) is 1.78. The van der Waals surface area contributed by atoms with Crippen LogP contribution in [-0.2, 0) is 9.59 Å². The molecule has 0 bridgehead atoms. The van der Waals surface area contributed by atoms with Gasteiger partial charge in [-0.15, -0.1) is 0 Å². The Morgan fingerprint density at radius 2 is 2.08 bits per heavy atom. The van der Waals surface area contributed by atoms with Gasteiger partial charge in [0.2, 0.25) is 5.91 Å². The van der Waals surface area contributed by atoms with E-state index >= 15 is 0 Å². The maximum absolute atomic E-state index is 11.1. The van der Waals surface area contributed by atoms with Gasteiger partial charge in [-0.25, -0.2) is 0 Å². The van der Waals surface area contributed by atoms with Crippen molar-refractivity contribution in [1.29, 1.82) is 0 Å². The summed E-state index contributed by atoms with van der Waals surface area (Å²) in [6.07, 6.45) is 0.549. The Balaban J connectivity index is 3.76. The zero-order chi connectivity index (χ0) is 10.4. The van der Waals surface area contributed by atoms with Crippen LogP contribution in [0.4, 0.5) is 0 Å². The van der Waals surface area contributed by atoms with Gasteiger partial charge in [-0.05, 0) is 6.42 Å². The predicted octanol–water partition coefficient (Wildman–Crippen LogP) is -0.439. The predicted molar refractivity (Wildman–Crippen MR) is 48.1 cm³/mol. The van der Waals surface area contributed by atoms with E-state index in [4.69, 9.17) is 10.8 Å². The first-order chi connectivity index (χ1) is 5.99. The van der Waals surface area contributed by atoms with Gasteiger partial charge in [0.25, 0.3) is 0 Å². The molecule has 4 N–H and O–H groups in total. The molecule has 2 atom stereocenters. The number of nitrogens with one attached hydrogen (secondary N) is 1. The topological polar surface area (TPSA) is 92.4 Å². The molecule has 2 unspecified atom stereocenters. The summed E-state index contributed by atoms with van der Waals surface area (Å²) < 4.78 is 0. The van der Waals surface area contributed by atoms with Crippen molar-refractivity contribution in [1.82, 2.24) is 5.32 Å². The van der Waals surface area contributed by atoms with Crippen LogP contribution in [0.1, 0.15) is 20.3 Å². The fraction of sp³-hybridized carbons (Fsp3) is 0.750. The average Bonchev–Trinajstić information content (AvgIpc) is 2.11. The van der Waals surface area contributed by atoms with E-state index in [0.717, 1.165) is 0 Å². The van der Waals surface area contributed by atoms with E-state index in [9.17, 15) is 9.59 Å². The van der Waals surface area contributed by atoms with E-state index in [1.807, 2.05) is 0 Å². The van der Waals surface area contributed by atoms with E-state index in [-0.39, 0.29) is 12.5 Å². The molecule has 0 aromatic heterocycles. The molecule has 0 spiro atoms. The molecule has 0 aromatic rings. The van der Waals surface area contributed by atoms with Gasteiger partial charge >= 0.3 is 5.97 Å². The van der Waals surface area contributed by atoms with Gasteiger partial charge in [0.15, 0.2) is 0 Å². The Labute approximate surface area is 77.3 Å². The first-order valence-electron chi connectivity index (χ1n) is 4.25. The molecule has 0 fully saturated rings. The second-order valence-corrected chi connectivity index (χ2v) is 3.00. The Morgan fingerprint density at radius 1 is 1.54 bits per heavy atom. The number of hydrogen-bond donors (Lipinski definition) is 3. The molecular formula is C8H16N2O3. The summed E-state index contributed by atoms with van der Waals surface area (Å²) in [4.78, 5) is 21.4. The Bertz CT molecular complexity index is 194. The van der Waals surface area contributed by atoms with Crippen LogP contribution in [0.2, 0.25) is 0 Å². The summed E-state index contributed by atoms with van der Waals surface area (Å²) in [7, 11) is 0. The highest BCUT2D eigenvalue weighted by molar-refractivity contribution is 5.82. The summed E-state index contributed by atoms with van der Waals surface area (Å²) in [5.41, 5.74) is 5.42. The third-order valence-electron chi connectivity index (χ3n) is 1.78. The summed E-state index contributed by atoms with van der Waals surface area (Å²) in [5, 5.41) is 11.0. The molecule has 0 aliphatic heterocycles. The molecule has 0 radical (unpaired) electrons. The highest BCUT2D eigenvalue weighted by Crippen LogP contribution is 1.92. The van der Waals surface area contributed by atoms with Crippen LogP contribution >= 0.6 is 0 Å². The Hall–Kier alpha value is -1.10. The van der Waals surface area contributed by atoms with E-state index in [1.54, 1.807) is 6.92 Å². The number of carboxylic acids is 1. The highest BCUT2D eigenvalue weighted by atomic mass is 16.4. The zero-order valence-electron chi connectivity index (χ0n) is 7.91. The van der Waals surface area contributed by atoms with Crippen LogP contribution in [0.3, 0.4) is 0 Å². The minimum atomic E-state index is -0.926. The molecule has 1 amide bonds. The molecule has 0 saturated heterocycles. The lowest BCUT2D eigenvalue weighted by Crippen LogP contribution is -2.42. The van der Waals surface area contributed by atoms with Crippen molar-refractivity contribution >= 4 is 11.9 Å². The standard InChI is InChI=1S/C8H16N2O3/c1-3-6(9)7(11)10-4-5(2)8(12)13/h5-6H,3-4,9H2,1-2H3,(H,10,11)(H,12,13). The fourth-order valence-corrected chi connectivity index (χ4v) is 0.657.